The van der Waals surface area contributed by atoms with E-state index < -0.39 is 0 Å². The van der Waals surface area contributed by atoms with E-state index in [0.29, 0.717) is 5.56 Å². The summed E-state index contributed by atoms with van der Waals surface area (Å²) in [5, 5.41) is 3.26. The molecular formula is C14H22FNO. The molecule has 1 unspecified atom stereocenters. The second-order valence-electron chi connectivity index (χ2n) is 4.19. The maximum absolute atomic E-state index is 13.2. The second-order valence-corrected chi connectivity index (χ2v) is 4.19. The first-order chi connectivity index (χ1) is 8.19. The highest BCUT2D eigenvalue weighted by Crippen LogP contribution is 2.20. The van der Waals surface area contributed by atoms with Crippen molar-refractivity contribution in [2.24, 2.45) is 0 Å². The molecule has 0 aliphatic rings. The fourth-order valence-corrected chi connectivity index (χ4v) is 1.90. The van der Waals surface area contributed by atoms with Crippen LogP contribution in [0.1, 0.15) is 36.9 Å². The molecule has 96 valence electrons. The average molecular weight is 239 g/mol. The highest BCUT2D eigenvalue weighted by atomic mass is 19.1. The van der Waals surface area contributed by atoms with Gasteiger partial charge in [-0.1, -0.05) is 12.1 Å². The molecule has 0 aliphatic carbocycles. The van der Waals surface area contributed by atoms with Crippen LogP contribution in [0.4, 0.5) is 4.39 Å². The van der Waals surface area contributed by atoms with Crippen molar-refractivity contribution >= 4 is 0 Å². The monoisotopic (exact) mass is 239 g/mol. The summed E-state index contributed by atoms with van der Waals surface area (Å²) >= 11 is 0. The highest BCUT2D eigenvalue weighted by Gasteiger charge is 2.10. The molecule has 0 heterocycles. The molecule has 1 aromatic carbocycles. The normalized spacial score (nSPS) is 12.7. The van der Waals surface area contributed by atoms with Crippen LogP contribution >= 0.6 is 0 Å². The molecule has 17 heavy (non-hydrogen) atoms. The molecule has 0 saturated carbocycles. The molecule has 3 heteroatoms. The first-order valence-electron chi connectivity index (χ1n) is 6.20. The van der Waals surface area contributed by atoms with Crippen molar-refractivity contribution in [2.45, 2.75) is 32.7 Å². The van der Waals surface area contributed by atoms with Crippen molar-refractivity contribution in [1.82, 2.24) is 5.32 Å². The Kier molecular flexibility index (Phi) is 6.16. The van der Waals surface area contributed by atoms with Crippen LogP contribution in [-0.2, 0) is 4.74 Å². The SMILES string of the molecule is CCOCCCC(NC)c1ccc(F)c(C)c1. The van der Waals surface area contributed by atoms with E-state index in [1.807, 2.05) is 26.1 Å². The lowest BCUT2D eigenvalue weighted by atomic mass is 10.0. The van der Waals surface area contributed by atoms with Crippen LogP contribution in [-0.4, -0.2) is 20.3 Å². The Morgan fingerprint density at radius 2 is 2.18 bits per heavy atom. The number of aryl methyl sites for hydroxylation is 1. The number of rotatable bonds is 7. The first-order valence-corrected chi connectivity index (χ1v) is 6.20. The summed E-state index contributed by atoms with van der Waals surface area (Å²) in [5.41, 5.74) is 1.84. The van der Waals surface area contributed by atoms with Crippen LogP contribution in [0.2, 0.25) is 0 Å². The molecule has 0 aliphatic heterocycles. The van der Waals surface area contributed by atoms with Crippen LogP contribution in [0.15, 0.2) is 18.2 Å². The number of benzene rings is 1. The average Bonchev–Trinajstić information content (AvgIpc) is 2.33. The number of halogens is 1. The van der Waals surface area contributed by atoms with Gasteiger partial charge in [0.25, 0.3) is 0 Å². The molecule has 0 radical (unpaired) electrons. The lowest BCUT2D eigenvalue weighted by Crippen LogP contribution is -2.17. The molecule has 2 nitrogen and oxygen atoms in total. The summed E-state index contributed by atoms with van der Waals surface area (Å²) in [4.78, 5) is 0. The van der Waals surface area contributed by atoms with E-state index >= 15 is 0 Å². The van der Waals surface area contributed by atoms with Gasteiger partial charge < -0.3 is 10.1 Å². The van der Waals surface area contributed by atoms with Crippen LogP contribution in [0, 0.1) is 12.7 Å². The molecular weight excluding hydrogens is 217 g/mol. The number of ether oxygens (including phenoxy) is 1. The standard InChI is InChI=1S/C14H22FNO/c1-4-17-9-5-6-14(16-3)12-7-8-13(15)11(2)10-12/h7-8,10,14,16H,4-6,9H2,1-3H3. The van der Waals surface area contributed by atoms with E-state index in [2.05, 4.69) is 5.32 Å². The minimum atomic E-state index is -0.141. The quantitative estimate of drug-likeness (QED) is 0.738. The van der Waals surface area contributed by atoms with Crippen LogP contribution in [0.5, 0.6) is 0 Å². The molecule has 0 spiro atoms. The number of nitrogens with one attached hydrogen (secondary N) is 1. The molecule has 0 saturated heterocycles. The van der Waals surface area contributed by atoms with E-state index in [9.17, 15) is 4.39 Å². The van der Waals surface area contributed by atoms with Gasteiger partial charge in [-0.3, -0.25) is 0 Å². The van der Waals surface area contributed by atoms with Gasteiger partial charge in [-0.15, -0.1) is 0 Å². The third-order valence-corrected chi connectivity index (χ3v) is 2.92. The van der Waals surface area contributed by atoms with E-state index in [4.69, 9.17) is 4.74 Å². The first kappa shape index (κ1) is 14.1. The topological polar surface area (TPSA) is 21.3 Å². The van der Waals surface area contributed by atoms with Gasteiger partial charge >= 0.3 is 0 Å². The van der Waals surface area contributed by atoms with E-state index in [1.54, 1.807) is 6.92 Å². The van der Waals surface area contributed by atoms with Crippen molar-refractivity contribution in [3.63, 3.8) is 0 Å². The fourth-order valence-electron chi connectivity index (χ4n) is 1.90. The minimum Gasteiger partial charge on any atom is -0.382 e. The Labute approximate surface area is 103 Å². The molecule has 0 aromatic heterocycles. The lowest BCUT2D eigenvalue weighted by Gasteiger charge is -2.17. The van der Waals surface area contributed by atoms with Crippen molar-refractivity contribution in [3.8, 4) is 0 Å². The lowest BCUT2D eigenvalue weighted by molar-refractivity contribution is 0.141. The predicted octanol–water partition coefficient (Wildman–Crippen LogP) is 3.21. The summed E-state index contributed by atoms with van der Waals surface area (Å²) in [6, 6.07) is 5.58. The van der Waals surface area contributed by atoms with Gasteiger partial charge in [-0.25, -0.2) is 4.39 Å². The second kappa shape index (κ2) is 7.41. The van der Waals surface area contributed by atoms with Gasteiger partial charge in [0.1, 0.15) is 5.82 Å². The molecule has 1 aromatic rings. The zero-order valence-electron chi connectivity index (χ0n) is 10.9. The Bertz CT molecular complexity index is 341. The molecule has 1 atom stereocenters. The predicted molar refractivity (Wildman–Crippen MR) is 68.7 cm³/mol. The zero-order valence-corrected chi connectivity index (χ0v) is 10.9. The Balaban J connectivity index is 2.56. The van der Waals surface area contributed by atoms with Gasteiger partial charge in [0.05, 0.1) is 0 Å². The Morgan fingerprint density at radius 3 is 2.76 bits per heavy atom. The van der Waals surface area contributed by atoms with Crippen LogP contribution in [0.3, 0.4) is 0 Å². The summed E-state index contributed by atoms with van der Waals surface area (Å²) in [5.74, 6) is -0.141. The third-order valence-electron chi connectivity index (χ3n) is 2.92. The summed E-state index contributed by atoms with van der Waals surface area (Å²) in [6.07, 6.45) is 2.01. The molecule has 1 rings (SSSR count). The maximum Gasteiger partial charge on any atom is 0.126 e. The van der Waals surface area contributed by atoms with Crippen molar-refractivity contribution in [2.75, 3.05) is 20.3 Å². The van der Waals surface area contributed by atoms with Crippen molar-refractivity contribution in [1.29, 1.82) is 0 Å². The van der Waals surface area contributed by atoms with Gasteiger partial charge in [0.2, 0.25) is 0 Å². The van der Waals surface area contributed by atoms with E-state index in [-0.39, 0.29) is 11.9 Å². The molecule has 0 bridgehead atoms. The highest BCUT2D eigenvalue weighted by molar-refractivity contribution is 5.26. The molecule has 0 amide bonds. The maximum atomic E-state index is 13.2. The summed E-state index contributed by atoms with van der Waals surface area (Å²) in [7, 11) is 1.93. The molecule has 1 N–H and O–H groups in total. The van der Waals surface area contributed by atoms with Crippen molar-refractivity contribution < 1.29 is 9.13 Å². The number of hydrogen-bond acceptors (Lipinski definition) is 2. The zero-order chi connectivity index (χ0) is 12.7. The molecule has 0 fully saturated rings. The largest absolute Gasteiger partial charge is 0.382 e. The minimum absolute atomic E-state index is 0.141. The van der Waals surface area contributed by atoms with Gasteiger partial charge in [0.15, 0.2) is 0 Å². The van der Waals surface area contributed by atoms with Crippen LogP contribution in [0.25, 0.3) is 0 Å². The smallest absolute Gasteiger partial charge is 0.126 e. The third kappa shape index (κ3) is 4.44. The van der Waals surface area contributed by atoms with Gasteiger partial charge in [-0.05, 0) is 50.9 Å². The summed E-state index contributed by atoms with van der Waals surface area (Å²) < 4.78 is 18.5. The van der Waals surface area contributed by atoms with E-state index in [0.717, 1.165) is 31.6 Å². The number of hydrogen-bond donors (Lipinski definition) is 1. The fraction of sp³-hybridized carbons (Fsp3) is 0.571. The van der Waals surface area contributed by atoms with E-state index in [1.165, 1.54) is 6.07 Å². The van der Waals surface area contributed by atoms with Gasteiger partial charge in [0, 0.05) is 19.3 Å². The Morgan fingerprint density at radius 1 is 1.41 bits per heavy atom. The summed E-state index contributed by atoms with van der Waals surface area (Å²) in [6.45, 7) is 5.35. The Hall–Kier alpha value is -0.930. The van der Waals surface area contributed by atoms with Gasteiger partial charge in [-0.2, -0.15) is 0 Å². The van der Waals surface area contributed by atoms with Crippen LogP contribution < -0.4 is 5.32 Å². The van der Waals surface area contributed by atoms with Crippen molar-refractivity contribution in [3.05, 3.63) is 35.1 Å².